The van der Waals surface area contributed by atoms with Gasteiger partial charge in [-0.05, 0) is 42.5 Å². The Hall–Kier alpha value is -2.77. The molecule has 0 saturated heterocycles. The summed E-state index contributed by atoms with van der Waals surface area (Å²) >= 11 is 7.89. The van der Waals surface area contributed by atoms with Gasteiger partial charge in [-0.3, -0.25) is 9.59 Å². The van der Waals surface area contributed by atoms with Crippen molar-refractivity contribution >= 4 is 41.0 Å². The number of nitrogens with zero attached hydrogens (tertiary/aromatic N) is 2. The topological polar surface area (TPSA) is 76.0 Å². The molecule has 1 saturated carbocycles. The van der Waals surface area contributed by atoms with Crippen molar-refractivity contribution in [2.24, 2.45) is 0 Å². The molecule has 2 aromatic carbocycles. The first kappa shape index (κ1) is 23.9. The number of halogens is 1. The number of benzene rings is 2. The summed E-state index contributed by atoms with van der Waals surface area (Å²) in [4.78, 5) is 26.5. The number of nitrogens with one attached hydrogen (secondary N) is 2. The molecule has 6 nitrogen and oxygen atoms in total. The summed E-state index contributed by atoms with van der Waals surface area (Å²) in [6, 6.07) is 17.7. The largest absolute Gasteiger partial charge is 0.354 e. The van der Waals surface area contributed by atoms with Crippen LogP contribution in [0.4, 0.5) is 5.82 Å². The Morgan fingerprint density at radius 1 is 1.03 bits per heavy atom. The third-order valence-electron chi connectivity index (χ3n) is 7.01. The molecule has 2 N–H and O–H groups in total. The first-order valence-electron chi connectivity index (χ1n) is 12.1. The van der Waals surface area contributed by atoms with Gasteiger partial charge in [0, 0.05) is 28.6 Å². The summed E-state index contributed by atoms with van der Waals surface area (Å²) in [5.41, 5.74) is 3.57. The third-order valence-corrected chi connectivity index (χ3v) is 8.23. The highest BCUT2D eigenvalue weighted by Crippen LogP contribution is 2.43. The number of thioether (sulfide) groups is 1. The van der Waals surface area contributed by atoms with Crippen molar-refractivity contribution in [3.05, 3.63) is 82.0 Å². The van der Waals surface area contributed by atoms with Crippen molar-refractivity contribution in [2.75, 3.05) is 11.9 Å². The Labute approximate surface area is 214 Å². The van der Waals surface area contributed by atoms with Gasteiger partial charge in [-0.15, -0.1) is 0 Å². The molecule has 1 aliphatic heterocycles. The molecular formula is C27H29ClN4O2S. The molecule has 1 aliphatic carbocycles. The first-order chi connectivity index (χ1) is 17.0. The average molecular weight is 509 g/mol. The second kappa shape index (κ2) is 10.5. The second-order valence-corrected chi connectivity index (χ2v) is 10.7. The van der Waals surface area contributed by atoms with Gasteiger partial charge in [0.15, 0.2) is 0 Å². The molecule has 0 bridgehead atoms. The fraction of sp³-hybridized carbons (Fsp3) is 0.370. The van der Waals surface area contributed by atoms with Crippen LogP contribution in [0.3, 0.4) is 0 Å². The number of hydrogen-bond donors (Lipinski definition) is 2. The maximum atomic E-state index is 13.8. The van der Waals surface area contributed by atoms with E-state index in [1.807, 2.05) is 42.5 Å². The molecule has 0 spiro atoms. The minimum absolute atomic E-state index is 0.0253. The molecule has 1 aromatic heterocycles. The summed E-state index contributed by atoms with van der Waals surface area (Å²) in [5.74, 6) is 2.10. The van der Waals surface area contributed by atoms with Crippen LogP contribution in [-0.4, -0.2) is 28.1 Å². The number of carbonyl (C=O) groups excluding carboxylic acids is 2. The minimum atomic E-state index is -0.587. The molecule has 5 rings (SSSR count). The second-order valence-electron chi connectivity index (χ2n) is 9.26. The van der Waals surface area contributed by atoms with Crippen LogP contribution in [0.25, 0.3) is 0 Å². The molecule has 0 radical (unpaired) electrons. The molecule has 3 aromatic rings. The van der Waals surface area contributed by atoms with Crippen molar-refractivity contribution in [3.63, 3.8) is 0 Å². The van der Waals surface area contributed by atoms with Crippen LogP contribution in [-0.2, 0) is 39.5 Å². The Bertz CT molecular complexity index is 1200. The zero-order chi connectivity index (χ0) is 24.3. The van der Waals surface area contributed by atoms with E-state index in [-0.39, 0.29) is 18.4 Å². The number of rotatable bonds is 8. The number of fused-ring (bicyclic) bond motifs is 1. The number of hydrogen-bond acceptors (Lipinski definition) is 4. The normalized spacial score (nSPS) is 16.1. The smallest absolute Gasteiger partial charge is 0.241 e. The van der Waals surface area contributed by atoms with E-state index in [1.54, 1.807) is 16.4 Å². The lowest BCUT2D eigenvalue weighted by Gasteiger charge is -2.28. The average Bonchev–Trinajstić information content (AvgIpc) is 3.59. The Morgan fingerprint density at radius 2 is 1.77 bits per heavy atom. The third kappa shape index (κ3) is 5.11. The van der Waals surface area contributed by atoms with E-state index in [0.717, 1.165) is 60.4 Å². The van der Waals surface area contributed by atoms with Gasteiger partial charge in [0.1, 0.15) is 12.4 Å². The van der Waals surface area contributed by atoms with Gasteiger partial charge >= 0.3 is 0 Å². The van der Waals surface area contributed by atoms with E-state index in [9.17, 15) is 9.59 Å². The maximum absolute atomic E-state index is 13.8. The summed E-state index contributed by atoms with van der Waals surface area (Å²) in [7, 11) is 0. The van der Waals surface area contributed by atoms with Gasteiger partial charge in [0.2, 0.25) is 11.8 Å². The van der Waals surface area contributed by atoms with Gasteiger partial charge in [0.05, 0.1) is 11.1 Å². The Kier molecular flexibility index (Phi) is 7.16. The highest BCUT2D eigenvalue weighted by Gasteiger charge is 2.43. The standard InChI is InChI=1S/C27H29ClN4O2S/c28-21-10-8-20(9-11-21)27(13-4-5-14-27)26(34)30-25-22-17-35-18-23(22)31-32(25)16-24(33)29-15-12-19-6-2-1-3-7-19/h1-3,6-11H,4-5,12-18H2,(H,29,33)(H,30,34). The van der Waals surface area contributed by atoms with Crippen LogP contribution < -0.4 is 10.6 Å². The maximum Gasteiger partial charge on any atom is 0.241 e. The zero-order valence-electron chi connectivity index (χ0n) is 19.6. The van der Waals surface area contributed by atoms with Gasteiger partial charge in [0.25, 0.3) is 0 Å². The zero-order valence-corrected chi connectivity index (χ0v) is 21.1. The van der Waals surface area contributed by atoms with Crippen molar-refractivity contribution in [2.45, 2.75) is 55.6 Å². The number of carbonyl (C=O) groups is 2. The molecule has 8 heteroatoms. The molecule has 0 unspecified atom stereocenters. The quantitative estimate of drug-likeness (QED) is 0.444. The lowest BCUT2D eigenvalue weighted by molar-refractivity contribution is -0.122. The van der Waals surface area contributed by atoms with E-state index in [2.05, 4.69) is 27.9 Å². The number of anilines is 1. The fourth-order valence-electron chi connectivity index (χ4n) is 5.12. The predicted molar refractivity (Wildman–Crippen MR) is 141 cm³/mol. The monoisotopic (exact) mass is 508 g/mol. The van der Waals surface area contributed by atoms with E-state index >= 15 is 0 Å². The summed E-state index contributed by atoms with van der Waals surface area (Å²) in [6.45, 7) is 0.636. The van der Waals surface area contributed by atoms with Crippen LogP contribution in [0.15, 0.2) is 54.6 Å². The summed E-state index contributed by atoms with van der Waals surface area (Å²) in [6.07, 6.45) is 4.38. The Balaban J connectivity index is 1.32. The van der Waals surface area contributed by atoms with Crippen LogP contribution in [0, 0.1) is 0 Å². The van der Waals surface area contributed by atoms with E-state index in [4.69, 9.17) is 11.6 Å². The molecule has 2 heterocycles. The van der Waals surface area contributed by atoms with E-state index in [1.165, 1.54) is 5.56 Å². The van der Waals surface area contributed by atoms with E-state index < -0.39 is 5.41 Å². The van der Waals surface area contributed by atoms with Crippen molar-refractivity contribution in [3.8, 4) is 0 Å². The van der Waals surface area contributed by atoms with Gasteiger partial charge < -0.3 is 10.6 Å². The van der Waals surface area contributed by atoms with Crippen molar-refractivity contribution in [1.82, 2.24) is 15.1 Å². The first-order valence-corrected chi connectivity index (χ1v) is 13.6. The van der Waals surface area contributed by atoms with Gasteiger partial charge in [-0.1, -0.05) is 66.9 Å². The molecule has 1 fully saturated rings. The molecule has 35 heavy (non-hydrogen) atoms. The number of aromatic nitrogens is 2. The predicted octanol–water partition coefficient (Wildman–Crippen LogP) is 5.09. The van der Waals surface area contributed by atoms with Crippen molar-refractivity contribution < 1.29 is 9.59 Å². The molecular weight excluding hydrogens is 480 g/mol. The highest BCUT2D eigenvalue weighted by molar-refractivity contribution is 7.98. The van der Waals surface area contributed by atoms with Gasteiger partial charge in [-0.2, -0.15) is 16.9 Å². The van der Waals surface area contributed by atoms with Crippen LogP contribution >= 0.6 is 23.4 Å². The molecule has 182 valence electrons. The minimum Gasteiger partial charge on any atom is -0.354 e. The van der Waals surface area contributed by atoms with Crippen molar-refractivity contribution in [1.29, 1.82) is 0 Å². The Morgan fingerprint density at radius 3 is 2.51 bits per heavy atom. The molecule has 2 aliphatic rings. The SMILES string of the molecule is O=C(Cn1nc2c(c1NC(=O)C1(c3ccc(Cl)cc3)CCCC1)CSC2)NCCc1ccccc1. The summed E-state index contributed by atoms with van der Waals surface area (Å²) < 4.78 is 1.67. The summed E-state index contributed by atoms with van der Waals surface area (Å²) in [5, 5.41) is 11.5. The van der Waals surface area contributed by atoms with Crippen LogP contribution in [0.2, 0.25) is 5.02 Å². The number of amides is 2. The molecule has 0 atom stereocenters. The highest BCUT2D eigenvalue weighted by atomic mass is 35.5. The lowest BCUT2D eigenvalue weighted by Crippen LogP contribution is -2.39. The fourth-order valence-corrected chi connectivity index (χ4v) is 6.29. The van der Waals surface area contributed by atoms with E-state index in [0.29, 0.717) is 17.4 Å². The van der Waals surface area contributed by atoms with Gasteiger partial charge in [-0.25, -0.2) is 4.68 Å². The van der Waals surface area contributed by atoms with Crippen LogP contribution in [0.5, 0.6) is 0 Å². The van der Waals surface area contributed by atoms with Crippen LogP contribution in [0.1, 0.15) is 48.1 Å². The molecule has 2 amide bonds. The lowest BCUT2D eigenvalue weighted by atomic mass is 9.78.